The van der Waals surface area contributed by atoms with Crippen LogP contribution in [0.5, 0.6) is 0 Å². The maximum absolute atomic E-state index is 12.9. The van der Waals surface area contributed by atoms with Crippen LogP contribution < -0.4 is 5.32 Å². The Kier molecular flexibility index (Phi) is 2.97. The van der Waals surface area contributed by atoms with E-state index in [1.165, 1.54) is 19.3 Å². The monoisotopic (exact) mass is 348 g/mol. The third-order valence-corrected chi connectivity index (χ3v) is 6.29. The molecule has 2 atom stereocenters. The van der Waals surface area contributed by atoms with Gasteiger partial charge >= 0.3 is 0 Å². The number of amides is 1. The molecule has 4 aliphatic rings. The molecule has 3 nitrogen and oxygen atoms in total. The van der Waals surface area contributed by atoms with Gasteiger partial charge in [-0.1, -0.05) is 6.92 Å². The number of nitrogens with one attached hydrogen (secondary N) is 1. The number of rotatable bonds is 2. The third kappa shape index (κ3) is 2.32. The highest BCUT2D eigenvalue weighted by molar-refractivity contribution is 9.10. The van der Waals surface area contributed by atoms with Crippen molar-refractivity contribution in [1.29, 1.82) is 0 Å². The van der Waals surface area contributed by atoms with Crippen LogP contribution in [0.1, 0.15) is 45.4 Å². The molecule has 2 unspecified atom stereocenters. The van der Waals surface area contributed by atoms with Crippen molar-refractivity contribution in [2.24, 2.45) is 22.7 Å². The largest absolute Gasteiger partial charge is 0.324 e. The zero-order valence-electron chi connectivity index (χ0n) is 12.4. The van der Waals surface area contributed by atoms with E-state index >= 15 is 0 Å². The number of pyridine rings is 1. The normalized spacial score (nSPS) is 40.3. The average molecular weight is 349 g/mol. The zero-order valence-corrected chi connectivity index (χ0v) is 13.9. The maximum Gasteiger partial charge on any atom is 0.230 e. The lowest BCUT2D eigenvalue weighted by Crippen LogP contribution is -2.55. The van der Waals surface area contributed by atoms with Crippen LogP contribution in [-0.4, -0.2) is 10.9 Å². The van der Waals surface area contributed by atoms with E-state index in [0.717, 1.165) is 41.4 Å². The first-order valence-electron chi connectivity index (χ1n) is 7.90. The maximum atomic E-state index is 12.9. The smallest absolute Gasteiger partial charge is 0.230 e. The summed E-state index contributed by atoms with van der Waals surface area (Å²) in [7, 11) is 0. The molecule has 0 spiro atoms. The Morgan fingerprint density at radius 1 is 1.29 bits per heavy atom. The van der Waals surface area contributed by atoms with Gasteiger partial charge < -0.3 is 5.32 Å². The van der Waals surface area contributed by atoms with E-state index in [2.05, 4.69) is 33.2 Å². The Morgan fingerprint density at radius 3 is 2.57 bits per heavy atom. The number of halogens is 1. The molecule has 1 aromatic rings. The summed E-state index contributed by atoms with van der Waals surface area (Å²) in [5, 5.41) is 3.12. The first kappa shape index (κ1) is 13.7. The molecule has 4 bridgehead atoms. The van der Waals surface area contributed by atoms with Gasteiger partial charge in [0.1, 0.15) is 4.60 Å². The van der Waals surface area contributed by atoms with Gasteiger partial charge in [-0.3, -0.25) is 4.79 Å². The van der Waals surface area contributed by atoms with Gasteiger partial charge in [-0.2, -0.15) is 0 Å². The molecule has 1 N–H and O–H groups in total. The minimum atomic E-state index is -0.119. The summed E-state index contributed by atoms with van der Waals surface area (Å²) in [4.78, 5) is 17.1. The average Bonchev–Trinajstić information content (AvgIpc) is 2.38. The summed E-state index contributed by atoms with van der Waals surface area (Å²) < 4.78 is 0.794. The van der Waals surface area contributed by atoms with Crippen molar-refractivity contribution in [3.8, 4) is 0 Å². The van der Waals surface area contributed by atoms with E-state index in [-0.39, 0.29) is 11.3 Å². The van der Waals surface area contributed by atoms with Gasteiger partial charge in [-0.05, 0) is 83.8 Å². The molecule has 1 heterocycles. The SMILES string of the molecule is CC12CC3CC(C1)CC(C(=O)Nc1ccc(Br)nc1)(C3)C2. The van der Waals surface area contributed by atoms with Gasteiger partial charge in [0.25, 0.3) is 0 Å². The molecule has 0 aromatic carbocycles. The second-order valence-electron chi connectivity index (χ2n) is 7.88. The fourth-order valence-electron chi connectivity index (χ4n) is 5.70. The fraction of sp³-hybridized carbons (Fsp3) is 0.647. The van der Waals surface area contributed by atoms with Crippen LogP contribution in [0.4, 0.5) is 5.69 Å². The topological polar surface area (TPSA) is 42.0 Å². The molecular formula is C17H21BrN2O. The molecule has 0 radical (unpaired) electrons. The lowest BCUT2D eigenvalue weighted by Gasteiger charge is -2.60. The standard InChI is InChI=1S/C17H21BrN2O/c1-16-5-11-4-12(6-16)8-17(7-11,10-16)15(21)20-13-2-3-14(18)19-9-13/h2-3,9,11-12H,4-8,10H2,1H3,(H,20,21). The summed E-state index contributed by atoms with van der Waals surface area (Å²) >= 11 is 3.33. The number of carbonyl (C=O) groups excluding carboxylic acids is 1. The quantitative estimate of drug-likeness (QED) is 0.805. The summed E-state index contributed by atoms with van der Waals surface area (Å²) in [5.74, 6) is 1.77. The molecular weight excluding hydrogens is 328 g/mol. The van der Waals surface area contributed by atoms with Crippen molar-refractivity contribution in [3.63, 3.8) is 0 Å². The van der Waals surface area contributed by atoms with Crippen molar-refractivity contribution in [2.45, 2.75) is 45.4 Å². The fourth-order valence-corrected chi connectivity index (χ4v) is 5.93. The lowest BCUT2D eigenvalue weighted by atomic mass is 9.44. The summed E-state index contributed by atoms with van der Waals surface area (Å²) in [6, 6.07) is 3.79. The summed E-state index contributed by atoms with van der Waals surface area (Å²) in [6.45, 7) is 2.40. The minimum Gasteiger partial charge on any atom is -0.324 e. The molecule has 4 saturated carbocycles. The molecule has 5 rings (SSSR count). The Hall–Kier alpha value is -0.900. The van der Waals surface area contributed by atoms with E-state index in [1.54, 1.807) is 6.20 Å². The van der Waals surface area contributed by atoms with Crippen LogP contribution in [-0.2, 0) is 4.79 Å². The highest BCUT2D eigenvalue weighted by Crippen LogP contribution is 2.65. The zero-order chi connectivity index (χ0) is 14.7. The van der Waals surface area contributed by atoms with Crippen LogP contribution in [0, 0.1) is 22.7 Å². The van der Waals surface area contributed by atoms with Crippen molar-refractivity contribution < 1.29 is 4.79 Å². The number of nitrogens with zero attached hydrogens (tertiary/aromatic N) is 1. The predicted octanol–water partition coefficient (Wildman–Crippen LogP) is 4.39. The van der Waals surface area contributed by atoms with Gasteiger partial charge in [-0.15, -0.1) is 0 Å². The number of hydrogen-bond acceptors (Lipinski definition) is 2. The van der Waals surface area contributed by atoms with E-state index in [1.807, 2.05) is 12.1 Å². The van der Waals surface area contributed by atoms with Crippen LogP contribution >= 0.6 is 15.9 Å². The first-order chi connectivity index (χ1) is 9.96. The summed E-state index contributed by atoms with van der Waals surface area (Å²) in [6.07, 6.45) is 9.00. The van der Waals surface area contributed by atoms with E-state index in [0.29, 0.717) is 5.41 Å². The Morgan fingerprint density at radius 2 is 2.00 bits per heavy atom. The van der Waals surface area contributed by atoms with Gasteiger partial charge in [0.2, 0.25) is 5.91 Å². The molecule has 1 amide bonds. The van der Waals surface area contributed by atoms with Crippen molar-refractivity contribution in [1.82, 2.24) is 4.98 Å². The van der Waals surface area contributed by atoms with E-state index in [9.17, 15) is 4.79 Å². The number of anilines is 1. The van der Waals surface area contributed by atoms with Crippen molar-refractivity contribution in [2.75, 3.05) is 5.32 Å². The Balaban J connectivity index is 1.57. The molecule has 4 fully saturated rings. The van der Waals surface area contributed by atoms with Crippen molar-refractivity contribution in [3.05, 3.63) is 22.9 Å². The summed E-state index contributed by atoms with van der Waals surface area (Å²) in [5.41, 5.74) is 1.09. The highest BCUT2D eigenvalue weighted by atomic mass is 79.9. The second-order valence-corrected chi connectivity index (χ2v) is 8.69. The van der Waals surface area contributed by atoms with E-state index in [4.69, 9.17) is 0 Å². The van der Waals surface area contributed by atoms with Gasteiger partial charge in [0.15, 0.2) is 0 Å². The first-order valence-corrected chi connectivity index (χ1v) is 8.69. The molecule has 0 saturated heterocycles. The van der Waals surface area contributed by atoms with Crippen LogP contribution in [0.2, 0.25) is 0 Å². The molecule has 21 heavy (non-hydrogen) atoms. The molecule has 0 aliphatic heterocycles. The Bertz CT molecular complexity index is 569. The van der Waals surface area contributed by atoms with Gasteiger partial charge in [0.05, 0.1) is 17.3 Å². The lowest BCUT2D eigenvalue weighted by molar-refractivity contribution is -0.149. The highest BCUT2D eigenvalue weighted by Gasteiger charge is 2.58. The molecule has 4 heteroatoms. The van der Waals surface area contributed by atoms with Gasteiger partial charge in [-0.25, -0.2) is 4.98 Å². The van der Waals surface area contributed by atoms with Crippen LogP contribution in [0.15, 0.2) is 22.9 Å². The Labute approximate surface area is 134 Å². The van der Waals surface area contributed by atoms with Crippen molar-refractivity contribution >= 4 is 27.5 Å². The van der Waals surface area contributed by atoms with Crippen LogP contribution in [0.25, 0.3) is 0 Å². The predicted molar refractivity (Wildman–Crippen MR) is 85.8 cm³/mol. The number of aromatic nitrogens is 1. The number of carbonyl (C=O) groups is 1. The number of hydrogen-bond donors (Lipinski definition) is 1. The molecule has 4 aliphatic carbocycles. The molecule has 1 aromatic heterocycles. The second kappa shape index (κ2) is 4.55. The third-order valence-electron chi connectivity index (χ3n) is 5.82. The minimum absolute atomic E-state index is 0.119. The van der Waals surface area contributed by atoms with Crippen LogP contribution in [0.3, 0.4) is 0 Å². The van der Waals surface area contributed by atoms with Gasteiger partial charge in [0, 0.05) is 0 Å². The molecule has 112 valence electrons. The van der Waals surface area contributed by atoms with E-state index < -0.39 is 0 Å².